The third-order valence-electron chi connectivity index (χ3n) is 7.20. The van der Waals surface area contributed by atoms with Crippen LogP contribution in [0.15, 0.2) is 83.9 Å². The second kappa shape index (κ2) is 12.2. The lowest BCUT2D eigenvalue weighted by atomic mass is 9.72. The van der Waals surface area contributed by atoms with Crippen molar-refractivity contribution in [3.63, 3.8) is 0 Å². The maximum atomic E-state index is 12.3. The molecular weight excluding hydrogens is 464 g/mol. The van der Waals surface area contributed by atoms with Gasteiger partial charge in [-0.25, -0.2) is 4.72 Å². The number of benzene rings is 3. The van der Waals surface area contributed by atoms with Gasteiger partial charge in [0.05, 0.1) is 11.8 Å². The maximum absolute atomic E-state index is 12.3. The fourth-order valence-electron chi connectivity index (χ4n) is 4.95. The molecule has 3 aromatic rings. The van der Waals surface area contributed by atoms with E-state index in [1.54, 1.807) is 0 Å². The number of fused-ring (bicyclic) bond motifs is 1. The van der Waals surface area contributed by atoms with E-state index in [9.17, 15) is 4.55 Å². The minimum Gasteiger partial charge on any atom is -0.588 e. The summed E-state index contributed by atoms with van der Waals surface area (Å²) in [5.74, 6) is 1.78. The molecule has 192 valence electrons. The Labute approximate surface area is 219 Å². The van der Waals surface area contributed by atoms with Crippen molar-refractivity contribution >= 4 is 22.1 Å². The standard InChI is InChI=1S/C31H40N2O2S/c1-23(33-36(34)30-8-6-5-7-9-30)18-19-32-22-24-10-11-26-21-29(15-12-25(26)20-24)35-28-16-13-27(14-17-28)31(2,3)4/h5-12,15,20-21,27-28,32-33H,1,13-14,16-19,22H2,2-4H3/t27-,28-,36?. The smallest absolute Gasteiger partial charge is 0.179 e. The van der Waals surface area contributed by atoms with Crippen LogP contribution in [0.2, 0.25) is 0 Å². The van der Waals surface area contributed by atoms with Gasteiger partial charge in [0, 0.05) is 19.5 Å². The van der Waals surface area contributed by atoms with E-state index in [4.69, 9.17) is 4.74 Å². The van der Waals surface area contributed by atoms with Crippen LogP contribution in [0.25, 0.3) is 10.8 Å². The van der Waals surface area contributed by atoms with Gasteiger partial charge in [-0.2, -0.15) is 0 Å². The molecule has 0 spiro atoms. The Kier molecular flexibility index (Phi) is 9.00. The van der Waals surface area contributed by atoms with E-state index in [2.05, 4.69) is 73.8 Å². The molecule has 2 N–H and O–H groups in total. The first-order chi connectivity index (χ1) is 17.3. The lowest BCUT2D eigenvalue weighted by Gasteiger charge is -2.37. The second-order valence-corrected chi connectivity index (χ2v) is 12.2. The van der Waals surface area contributed by atoms with E-state index in [1.165, 1.54) is 29.2 Å². The van der Waals surface area contributed by atoms with Crippen molar-refractivity contribution in [2.75, 3.05) is 6.54 Å². The molecule has 1 saturated carbocycles. The van der Waals surface area contributed by atoms with E-state index in [-0.39, 0.29) is 0 Å². The Balaban J connectivity index is 1.21. The largest absolute Gasteiger partial charge is 0.588 e. The van der Waals surface area contributed by atoms with Gasteiger partial charge < -0.3 is 14.6 Å². The minimum atomic E-state index is -1.27. The molecule has 4 rings (SSSR count). The Morgan fingerprint density at radius 3 is 2.39 bits per heavy atom. The van der Waals surface area contributed by atoms with Gasteiger partial charge in [0.25, 0.3) is 0 Å². The van der Waals surface area contributed by atoms with Crippen LogP contribution in [0, 0.1) is 11.3 Å². The summed E-state index contributed by atoms with van der Waals surface area (Å²) >= 11 is -1.27. The SMILES string of the molecule is C=C(CCNCc1ccc2cc(O[C@H]3CC[C@H](C(C)(C)C)CC3)ccc2c1)N[S+]([O-])c1ccccc1. The fourth-order valence-corrected chi connectivity index (χ4v) is 5.84. The van der Waals surface area contributed by atoms with Crippen LogP contribution in [-0.4, -0.2) is 17.2 Å². The van der Waals surface area contributed by atoms with Crippen molar-refractivity contribution in [1.29, 1.82) is 0 Å². The summed E-state index contributed by atoms with van der Waals surface area (Å²) in [5, 5.41) is 5.90. The molecule has 4 nitrogen and oxygen atoms in total. The van der Waals surface area contributed by atoms with Gasteiger partial charge in [0.2, 0.25) is 0 Å². The van der Waals surface area contributed by atoms with Crippen molar-refractivity contribution in [3.05, 3.63) is 84.6 Å². The normalized spacial score (nSPS) is 19.1. The Morgan fingerprint density at radius 1 is 0.972 bits per heavy atom. The number of rotatable bonds is 10. The molecule has 3 aromatic carbocycles. The molecule has 0 aliphatic heterocycles. The van der Waals surface area contributed by atoms with Crippen molar-refractivity contribution < 1.29 is 9.29 Å². The Bertz CT molecular complexity index is 1130. The number of ether oxygens (including phenoxy) is 1. The second-order valence-electron chi connectivity index (χ2n) is 11.0. The third kappa shape index (κ3) is 7.52. The zero-order chi connectivity index (χ0) is 25.5. The summed E-state index contributed by atoms with van der Waals surface area (Å²) in [6, 6.07) is 22.4. The maximum Gasteiger partial charge on any atom is 0.179 e. The molecule has 1 unspecified atom stereocenters. The van der Waals surface area contributed by atoms with Crippen LogP contribution in [0.3, 0.4) is 0 Å². The van der Waals surface area contributed by atoms with Crippen molar-refractivity contribution in [3.8, 4) is 5.75 Å². The first-order valence-electron chi connectivity index (χ1n) is 13.1. The lowest BCUT2D eigenvalue weighted by Crippen LogP contribution is -2.30. The topological polar surface area (TPSA) is 56.3 Å². The molecule has 1 aliphatic rings. The van der Waals surface area contributed by atoms with Gasteiger partial charge >= 0.3 is 0 Å². The van der Waals surface area contributed by atoms with Crippen LogP contribution in [0.5, 0.6) is 5.75 Å². The highest BCUT2D eigenvalue weighted by Gasteiger charge is 2.30. The average Bonchev–Trinajstić information content (AvgIpc) is 2.87. The highest BCUT2D eigenvalue weighted by atomic mass is 32.2. The van der Waals surface area contributed by atoms with Crippen LogP contribution in [-0.2, 0) is 17.9 Å². The molecule has 36 heavy (non-hydrogen) atoms. The summed E-state index contributed by atoms with van der Waals surface area (Å²) in [5.41, 5.74) is 2.40. The number of hydrogen-bond donors (Lipinski definition) is 2. The predicted octanol–water partition coefficient (Wildman–Crippen LogP) is 7.13. The van der Waals surface area contributed by atoms with Crippen LogP contribution in [0.1, 0.15) is 58.4 Å². The molecule has 0 aromatic heterocycles. The van der Waals surface area contributed by atoms with Crippen LogP contribution >= 0.6 is 0 Å². The lowest BCUT2D eigenvalue weighted by molar-refractivity contribution is 0.0883. The molecule has 5 heteroatoms. The highest BCUT2D eigenvalue weighted by molar-refractivity contribution is 7.89. The first-order valence-corrected chi connectivity index (χ1v) is 14.2. The van der Waals surface area contributed by atoms with Crippen molar-refractivity contribution in [2.45, 2.75) is 70.4 Å². The zero-order valence-corrected chi connectivity index (χ0v) is 22.7. The summed E-state index contributed by atoms with van der Waals surface area (Å²) in [7, 11) is 0. The monoisotopic (exact) mass is 504 g/mol. The summed E-state index contributed by atoms with van der Waals surface area (Å²) < 4.78 is 21.7. The number of hydrogen-bond acceptors (Lipinski definition) is 4. The van der Waals surface area contributed by atoms with Gasteiger partial charge in [0.15, 0.2) is 4.90 Å². The molecule has 0 saturated heterocycles. The summed E-state index contributed by atoms with van der Waals surface area (Å²) in [4.78, 5) is 0.754. The van der Waals surface area contributed by atoms with E-state index >= 15 is 0 Å². The quantitative estimate of drug-likeness (QED) is 0.228. The molecule has 0 bridgehead atoms. The molecule has 1 atom stereocenters. The molecular formula is C31H40N2O2S. The Morgan fingerprint density at radius 2 is 1.67 bits per heavy atom. The van der Waals surface area contributed by atoms with Gasteiger partial charge in [-0.15, -0.1) is 0 Å². The molecule has 1 aliphatic carbocycles. The van der Waals surface area contributed by atoms with E-state index in [0.29, 0.717) is 17.9 Å². The summed E-state index contributed by atoms with van der Waals surface area (Å²) in [6.07, 6.45) is 5.85. The third-order valence-corrected chi connectivity index (χ3v) is 8.38. The van der Waals surface area contributed by atoms with Gasteiger partial charge in [-0.1, -0.05) is 63.7 Å². The zero-order valence-electron chi connectivity index (χ0n) is 21.9. The van der Waals surface area contributed by atoms with Crippen molar-refractivity contribution in [1.82, 2.24) is 10.0 Å². The van der Waals surface area contributed by atoms with Crippen LogP contribution in [0.4, 0.5) is 0 Å². The average molecular weight is 505 g/mol. The highest BCUT2D eigenvalue weighted by Crippen LogP contribution is 2.39. The van der Waals surface area contributed by atoms with E-state index < -0.39 is 11.4 Å². The van der Waals surface area contributed by atoms with Gasteiger partial charge in [-0.05, 0) is 83.7 Å². The molecule has 0 radical (unpaired) electrons. The molecule has 0 heterocycles. The van der Waals surface area contributed by atoms with Crippen molar-refractivity contribution in [2.24, 2.45) is 11.3 Å². The molecule has 0 amide bonds. The minimum absolute atomic E-state index is 0.332. The van der Waals surface area contributed by atoms with E-state index in [0.717, 1.165) is 48.2 Å². The van der Waals surface area contributed by atoms with Gasteiger partial charge in [-0.3, -0.25) is 0 Å². The summed E-state index contributed by atoms with van der Waals surface area (Å²) in [6.45, 7) is 12.6. The van der Waals surface area contributed by atoms with Gasteiger partial charge in [0.1, 0.15) is 17.1 Å². The number of nitrogens with one attached hydrogen (secondary N) is 2. The molecule has 1 fully saturated rings. The first kappa shape index (κ1) is 26.6. The van der Waals surface area contributed by atoms with Crippen LogP contribution < -0.4 is 14.8 Å². The van der Waals surface area contributed by atoms with E-state index in [1.807, 2.05) is 30.3 Å². The fraction of sp³-hybridized carbons (Fsp3) is 0.419. The predicted molar refractivity (Wildman–Crippen MR) is 151 cm³/mol. The Hall–Kier alpha value is -2.47.